The highest BCUT2D eigenvalue weighted by atomic mass is 16.7. The quantitative estimate of drug-likeness (QED) is 0.200. The zero-order valence-corrected chi connectivity index (χ0v) is 17.3. The fourth-order valence-electron chi connectivity index (χ4n) is 3.19. The van der Waals surface area contributed by atoms with Gasteiger partial charge in [0.25, 0.3) is 0 Å². The molecule has 1 heterocycles. The Morgan fingerprint density at radius 2 is 1.48 bits per heavy atom. The fourth-order valence-corrected chi connectivity index (χ4v) is 3.19. The number of hydrogen-bond donors (Lipinski definition) is 5. The summed E-state index contributed by atoms with van der Waals surface area (Å²) in [5.74, 6) is -1.12. The van der Waals surface area contributed by atoms with Crippen molar-refractivity contribution >= 4 is 11.9 Å². The zero-order chi connectivity index (χ0) is 21.6. The summed E-state index contributed by atoms with van der Waals surface area (Å²) in [7, 11) is 0. The Balaban J connectivity index is 2.14. The van der Waals surface area contributed by atoms with Crippen LogP contribution in [0.25, 0.3) is 0 Å². The molecule has 0 unspecified atom stereocenters. The number of amides is 1. The fraction of sp³-hybridized carbons (Fsp3) is 0.900. The Labute approximate surface area is 172 Å². The molecule has 9 nitrogen and oxygen atoms in total. The van der Waals surface area contributed by atoms with Gasteiger partial charge in [-0.15, -0.1) is 0 Å². The van der Waals surface area contributed by atoms with Crippen molar-refractivity contribution in [1.82, 2.24) is 5.32 Å². The molecule has 0 spiro atoms. The summed E-state index contributed by atoms with van der Waals surface area (Å²) in [5.41, 5.74) is 0. The highest BCUT2D eigenvalue weighted by Crippen LogP contribution is 2.21. The molecular weight excluding hydrogens is 382 g/mol. The summed E-state index contributed by atoms with van der Waals surface area (Å²) in [6, 6.07) is 0. The topological polar surface area (TPSA) is 146 Å². The molecule has 0 aliphatic carbocycles. The molecule has 170 valence electrons. The number of nitrogens with one attached hydrogen (secondary N) is 1. The van der Waals surface area contributed by atoms with E-state index in [2.05, 4.69) is 12.2 Å². The van der Waals surface area contributed by atoms with Crippen molar-refractivity contribution < 1.29 is 39.5 Å². The minimum atomic E-state index is -1.66. The molecule has 0 aromatic rings. The summed E-state index contributed by atoms with van der Waals surface area (Å²) < 4.78 is 9.97. The SMILES string of the molecule is CCCCCCCCCCCC(=O)NCC(=O)O[C@H]1O[C@H](CO)[C@H](O)[C@H](O)[C@H]1O. The zero-order valence-electron chi connectivity index (χ0n) is 17.3. The lowest BCUT2D eigenvalue weighted by Crippen LogP contribution is -2.59. The van der Waals surface area contributed by atoms with Crippen LogP contribution in [-0.4, -0.2) is 76.2 Å². The van der Waals surface area contributed by atoms with Crippen molar-refractivity contribution in [2.24, 2.45) is 0 Å². The molecule has 1 aliphatic heterocycles. The van der Waals surface area contributed by atoms with E-state index >= 15 is 0 Å². The molecule has 0 aromatic heterocycles. The van der Waals surface area contributed by atoms with Gasteiger partial charge in [0.05, 0.1) is 6.61 Å². The number of esters is 1. The van der Waals surface area contributed by atoms with Crippen molar-refractivity contribution in [1.29, 1.82) is 0 Å². The molecule has 1 amide bonds. The lowest BCUT2D eigenvalue weighted by Gasteiger charge is -2.39. The number of ether oxygens (including phenoxy) is 2. The number of rotatable bonds is 14. The Morgan fingerprint density at radius 1 is 0.897 bits per heavy atom. The molecule has 1 saturated heterocycles. The van der Waals surface area contributed by atoms with Crippen LogP contribution in [0.4, 0.5) is 0 Å². The molecule has 0 radical (unpaired) electrons. The second kappa shape index (κ2) is 14.7. The lowest BCUT2D eigenvalue weighted by molar-refractivity contribution is -0.292. The number of hydrogen-bond acceptors (Lipinski definition) is 8. The van der Waals surface area contributed by atoms with Gasteiger partial charge in [0.2, 0.25) is 12.2 Å². The van der Waals surface area contributed by atoms with Gasteiger partial charge in [0.1, 0.15) is 31.0 Å². The summed E-state index contributed by atoms with van der Waals surface area (Å²) in [6.07, 6.45) is 3.14. The van der Waals surface area contributed by atoms with Crippen LogP contribution in [0.2, 0.25) is 0 Å². The van der Waals surface area contributed by atoms with Crippen molar-refractivity contribution in [3.8, 4) is 0 Å². The normalized spacial score (nSPS) is 26.9. The van der Waals surface area contributed by atoms with E-state index in [9.17, 15) is 24.9 Å². The van der Waals surface area contributed by atoms with E-state index in [-0.39, 0.29) is 5.91 Å². The molecule has 9 heteroatoms. The summed E-state index contributed by atoms with van der Waals surface area (Å²) in [6.45, 7) is 1.18. The van der Waals surface area contributed by atoms with Gasteiger partial charge in [-0.3, -0.25) is 9.59 Å². The highest BCUT2D eigenvalue weighted by molar-refractivity contribution is 5.81. The molecule has 0 bridgehead atoms. The minimum Gasteiger partial charge on any atom is -0.431 e. The molecule has 5 atom stereocenters. The second-order valence-electron chi connectivity index (χ2n) is 7.54. The first-order chi connectivity index (χ1) is 13.9. The Morgan fingerprint density at radius 3 is 2.07 bits per heavy atom. The molecule has 0 saturated carbocycles. The van der Waals surface area contributed by atoms with E-state index in [0.717, 1.165) is 19.3 Å². The van der Waals surface area contributed by atoms with E-state index in [0.29, 0.717) is 6.42 Å². The number of carbonyl (C=O) groups is 2. The van der Waals surface area contributed by atoms with E-state index in [1.165, 1.54) is 38.5 Å². The number of aliphatic hydroxyl groups is 4. The molecule has 1 aliphatic rings. The largest absolute Gasteiger partial charge is 0.431 e. The van der Waals surface area contributed by atoms with Crippen LogP contribution in [0.3, 0.4) is 0 Å². The molecular formula is C20H37NO8. The van der Waals surface area contributed by atoms with E-state index in [4.69, 9.17) is 14.6 Å². The van der Waals surface area contributed by atoms with E-state index in [1.807, 2.05) is 0 Å². The Bertz CT molecular complexity index is 473. The predicted octanol–water partition coefficient (Wildman–Crippen LogP) is 0.367. The van der Waals surface area contributed by atoms with Gasteiger partial charge < -0.3 is 35.2 Å². The lowest BCUT2D eigenvalue weighted by atomic mass is 9.99. The van der Waals surface area contributed by atoms with Gasteiger partial charge in [-0.25, -0.2) is 0 Å². The van der Waals surface area contributed by atoms with Crippen molar-refractivity contribution in [2.45, 2.75) is 102 Å². The average Bonchev–Trinajstić information content (AvgIpc) is 2.71. The van der Waals surface area contributed by atoms with Crippen molar-refractivity contribution in [2.75, 3.05) is 13.2 Å². The molecule has 1 fully saturated rings. The molecule has 5 N–H and O–H groups in total. The molecule has 29 heavy (non-hydrogen) atoms. The van der Waals surface area contributed by atoms with Gasteiger partial charge in [0.15, 0.2) is 0 Å². The van der Waals surface area contributed by atoms with Gasteiger partial charge in [-0.1, -0.05) is 58.3 Å². The minimum absolute atomic E-state index is 0.265. The van der Waals surface area contributed by atoms with Gasteiger partial charge in [-0.2, -0.15) is 0 Å². The van der Waals surface area contributed by atoms with E-state index in [1.54, 1.807) is 0 Å². The molecule has 1 rings (SSSR count). The van der Waals surface area contributed by atoms with Crippen LogP contribution < -0.4 is 5.32 Å². The standard InChI is InChI=1S/C20H37NO8/c1-2-3-4-5-6-7-8-9-10-11-15(23)21-12-16(24)29-20-19(27)18(26)17(25)14(13-22)28-20/h14,17-20,22,25-27H,2-13H2,1H3,(H,21,23)/t14-,17+,18+,19-,20-/m1/s1. The van der Waals surface area contributed by atoms with Crippen LogP contribution in [0.15, 0.2) is 0 Å². The number of carbonyl (C=O) groups excluding carboxylic acids is 2. The first-order valence-corrected chi connectivity index (χ1v) is 10.7. The maximum atomic E-state index is 11.8. The van der Waals surface area contributed by atoms with Crippen LogP contribution in [0.5, 0.6) is 0 Å². The van der Waals surface area contributed by atoms with Crippen molar-refractivity contribution in [3.63, 3.8) is 0 Å². The third-order valence-corrected chi connectivity index (χ3v) is 5.03. The number of unbranched alkanes of at least 4 members (excludes halogenated alkanes) is 8. The predicted molar refractivity (Wildman–Crippen MR) is 105 cm³/mol. The third-order valence-electron chi connectivity index (χ3n) is 5.03. The molecule has 0 aromatic carbocycles. The van der Waals surface area contributed by atoms with Crippen LogP contribution in [0.1, 0.15) is 71.1 Å². The average molecular weight is 420 g/mol. The Kier molecular flexibility index (Phi) is 13.0. The monoisotopic (exact) mass is 419 g/mol. The van der Waals surface area contributed by atoms with E-state index < -0.39 is 49.8 Å². The van der Waals surface area contributed by atoms with Gasteiger partial charge in [0, 0.05) is 6.42 Å². The first kappa shape index (κ1) is 25.8. The van der Waals surface area contributed by atoms with Crippen LogP contribution >= 0.6 is 0 Å². The van der Waals surface area contributed by atoms with Crippen LogP contribution in [-0.2, 0) is 19.1 Å². The Hall–Kier alpha value is -1.26. The smallest absolute Gasteiger partial charge is 0.327 e. The first-order valence-electron chi connectivity index (χ1n) is 10.7. The second-order valence-corrected chi connectivity index (χ2v) is 7.54. The number of aliphatic hydroxyl groups excluding tert-OH is 4. The summed E-state index contributed by atoms with van der Waals surface area (Å²) >= 11 is 0. The maximum absolute atomic E-state index is 11.8. The van der Waals surface area contributed by atoms with Crippen molar-refractivity contribution in [3.05, 3.63) is 0 Å². The van der Waals surface area contributed by atoms with Gasteiger partial charge in [-0.05, 0) is 6.42 Å². The highest BCUT2D eigenvalue weighted by Gasteiger charge is 2.45. The van der Waals surface area contributed by atoms with Crippen LogP contribution in [0, 0.1) is 0 Å². The van der Waals surface area contributed by atoms with Gasteiger partial charge >= 0.3 is 5.97 Å². The summed E-state index contributed by atoms with van der Waals surface area (Å²) in [4.78, 5) is 23.6. The third kappa shape index (κ3) is 9.86. The summed E-state index contributed by atoms with van der Waals surface area (Å²) in [5, 5.41) is 40.7. The maximum Gasteiger partial charge on any atom is 0.327 e.